The van der Waals surface area contributed by atoms with Gasteiger partial charge in [0.15, 0.2) is 0 Å². The molecule has 3 atom stereocenters. The summed E-state index contributed by atoms with van der Waals surface area (Å²) in [4.78, 5) is 17.4. The van der Waals surface area contributed by atoms with Gasteiger partial charge in [0.2, 0.25) is 0 Å². The Labute approximate surface area is 167 Å². The van der Waals surface area contributed by atoms with Gasteiger partial charge in [-0.15, -0.1) is 6.58 Å². The lowest BCUT2D eigenvalue weighted by molar-refractivity contribution is 0.0734. The van der Waals surface area contributed by atoms with Crippen LogP contribution in [0.5, 0.6) is 5.75 Å². The number of aliphatic imine (C=N–C) groups is 1. The van der Waals surface area contributed by atoms with Crippen LogP contribution in [0.25, 0.3) is 0 Å². The first kappa shape index (κ1) is 18.7. The van der Waals surface area contributed by atoms with Crippen molar-refractivity contribution in [3.8, 4) is 5.75 Å². The zero-order valence-electron chi connectivity index (χ0n) is 16.4. The van der Waals surface area contributed by atoms with E-state index in [1.54, 1.807) is 12.1 Å². The summed E-state index contributed by atoms with van der Waals surface area (Å²) in [6.07, 6.45) is 7.68. The predicted molar refractivity (Wildman–Crippen MR) is 113 cm³/mol. The third-order valence-corrected chi connectivity index (χ3v) is 6.01. The Morgan fingerprint density at radius 1 is 1.14 bits per heavy atom. The second-order valence-corrected chi connectivity index (χ2v) is 7.89. The summed E-state index contributed by atoms with van der Waals surface area (Å²) >= 11 is 0. The average molecular weight is 373 g/mol. The van der Waals surface area contributed by atoms with E-state index in [-0.39, 0.29) is 12.0 Å². The molecular formula is C25H27NO2. The second-order valence-electron chi connectivity index (χ2n) is 7.89. The molecule has 0 heterocycles. The van der Waals surface area contributed by atoms with Crippen LogP contribution in [0.1, 0.15) is 60.0 Å². The lowest BCUT2D eigenvalue weighted by Crippen LogP contribution is -2.33. The van der Waals surface area contributed by atoms with Crippen LogP contribution in [0.4, 0.5) is 0 Å². The molecule has 0 aliphatic heterocycles. The molecule has 3 nitrogen and oxygen atoms in total. The molecule has 2 aromatic carbocycles. The largest absolute Gasteiger partial charge is 0.423 e. The third-order valence-electron chi connectivity index (χ3n) is 6.01. The smallest absolute Gasteiger partial charge is 0.343 e. The Kier molecular flexibility index (Phi) is 5.43. The van der Waals surface area contributed by atoms with E-state index in [1.165, 1.54) is 42.5 Å². The summed E-state index contributed by atoms with van der Waals surface area (Å²) in [6, 6.07) is 15.4. The fourth-order valence-corrected chi connectivity index (χ4v) is 4.57. The van der Waals surface area contributed by atoms with Crippen molar-refractivity contribution in [3.05, 3.63) is 77.9 Å². The van der Waals surface area contributed by atoms with Crippen molar-refractivity contribution in [3.63, 3.8) is 0 Å². The Morgan fingerprint density at radius 3 is 2.64 bits per heavy atom. The van der Waals surface area contributed by atoms with Crippen LogP contribution in [0.15, 0.2) is 66.2 Å². The van der Waals surface area contributed by atoms with Gasteiger partial charge in [0, 0.05) is 18.1 Å². The van der Waals surface area contributed by atoms with Crippen LogP contribution < -0.4 is 4.74 Å². The number of carbonyl (C=O) groups is 1. The third kappa shape index (κ3) is 3.80. The van der Waals surface area contributed by atoms with Gasteiger partial charge in [-0.25, -0.2) is 4.79 Å². The number of hydrogen-bond acceptors (Lipinski definition) is 3. The Morgan fingerprint density at radius 2 is 1.89 bits per heavy atom. The maximum atomic E-state index is 12.4. The molecule has 0 radical (unpaired) electrons. The lowest BCUT2D eigenvalue weighted by Gasteiger charge is -2.38. The van der Waals surface area contributed by atoms with Gasteiger partial charge in [-0.05, 0) is 61.1 Å². The van der Waals surface area contributed by atoms with Crippen molar-refractivity contribution in [2.24, 2.45) is 10.9 Å². The highest BCUT2D eigenvalue weighted by atomic mass is 16.5. The standard InChI is InChI=1S/C25H27NO2/c1-3-17(2)26-24-15-19-13-14-20(28-25(27)18-9-5-4-6-10-18)16-23(19)21-11-7-8-12-22(21)24/h3-6,9-10,13-14,16-17,21-22H,1,7-8,11-12,15H2,2H3/t17?,21?,22-/m1/s1. The molecule has 0 bridgehead atoms. The Bertz CT molecular complexity index is 900. The van der Waals surface area contributed by atoms with E-state index >= 15 is 0 Å². The van der Waals surface area contributed by atoms with Gasteiger partial charge in [-0.3, -0.25) is 4.99 Å². The van der Waals surface area contributed by atoms with Gasteiger partial charge in [0.05, 0.1) is 11.6 Å². The van der Waals surface area contributed by atoms with Gasteiger partial charge >= 0.3 is 5.97 Å². The molecule has 0 amide bonds. The number of fused-ring (bicyclic) bond motifs is 3. The van der Waals surface area contributed by atoms with Crippen LogP contribution >= 0.6 is 0 Å². The van der Waals surface area contributed by atoms with Gasteiger partial charge in [-0.1, -0.05) is 43.2 Å². The number of esters is 1. The van der Waals surface area contributed by atoms with E-state index in [0.29, 0.717) is 23.1 Å². The molecule has 144 valence electrons. The number of benzene rings is 2. The van der Waals surface area contributed by atoms with Gasteiger partial charge in [-0.2, -0.15) is 0 Å². The van der Waals surface area contributed by atoms with Crippen LogP contribution in [0.3, 0.4) is 0 Å². The number of carbonyl (C=O) groups excluding carboxylic acids is 1. The molecule has 2 unspecified atom stereocenters. The van der Waals surface area contributed by atoms with E-state index in [9.17, 15) is 4.79 Å². The highest BCUT2D eigenvalue weighted by Gasteiger charge is 2.36. The first-order chi connectivity index (χ1) is 13.7. The second kappa shape index (κ2) is 8.14. The molecule has 2 aliphatic rings. The topological polar surface area (TPSA) is 38.7 Å². The van der Waals surface area contributed by atoms with Crippen molar-refractivity contribution in [2.45, 2.75) is 51.0 Å². The summed E-state index contributed by atoms with van der Waals surface area (Å²) in [5, 5.41) is 0. The Balaban J connectivity index is 1.62. The number of rotatable bonds is 4. The lowest BCUT2D eigenvalue weighted by atomic mass is 9.67. The molecular weight excluding hydrogens is 346 g/mol. The summed E-state index contributed by atoms with van der Waals surface area (Å²) in [5.41, 5.74) is 4.55. The molecule has 2 aromatic rings. The molecule has 1 saturated carbocycles. The minimum absolute atomic E-state index is 0.158. The van der Waals surface area contributed by atoms with Gasteiger partial charge in [0.25, 0.3) is 0 Å². The Hall–Kier alpha value is -2.68. The maximum absolute atomic E-state index is 12.4. The monoisotopic (exact) mass is 373 g/mol. The van der Waals surface area contributed by atoms with E-state index in [2.05, 4.69) is 25.6 Å². The molecule has 2 aliphatic carbocycles. The molecule has 0 aromatic heterocycles. The first-order valence-corrected chi connectivity index (χ1v) is 10.2. The summed E-state index contributed by atoms with van der Waals surface area (Å²) in [7, 11) is 0. The molecule has 0 spiro atoms. The summed E-state index contributed by atoms with van der Waals surface area (Å²) < 4.78 is 5.67. The van der Waals surface area contributed by atoms with E-state index in [4.69, 9.17) is 9.73 Å². The van der Waals surface area contributed by atoms with Gasteiger partial charge < -0.3 is 4.74 Å². The highest BCUT2D eigenvalue weighted by Crippen LogP contribution is 2.45. The fourth-order valence-electron chi connectivity index (χ4n) is 4.57. The molecule has 3 heteroatoms. The summed E-state index contributed by atoms with van der Waals surface area (Å²) in [6.45, 7) is 5.98. The van der Waals surface area contributed by atoms with Crippen LogP contribution in [0, 0.1) is 5.92 Å². The number of ether oxygens (including phenoxy) is 1. The molecule has 0 saturated heterocycles. The zero-order valence-corrected chi connectivity index (χ0v) is 16.4. The van der Waals surface area contributed by atoms with Crippen LogP contribution in [-0.2, 0) is 6.42 Å². The van der Waals surface area contributed by atoms with E-state index in [0.717, 1.165) is 6.42 Å². The first-order valence-electron chi connectivity index (χ1n) is 10.2. The molecule has 4 rings (SSSR count). The van der Waals surface area contributed by atoms with Crippen molar-refractivity contribution in [1.82, 2.24) is 0 Å². The van der Waals surface area contributed by atoms with Crippen molar-refractivity contribution < 1.29 is 9.53 Å². The minimum atomic E-state index is -0.307. The minimum Gasteiger partial charge on any atom is -0.423 e. The summed E-state index contributed by atoms with van der Waals surface area (Å²) in [5.74, 6) is 1.31. The number of hydrogen-bond donors (Lipinski definition) is 0. The van der Waals surface area contributed by atoms with Crippen molar-refractivity contribution >= 4 is 11.7 Å². The highest BCUT2D eigenvalue weighted by molar-refractivity contribution is 5.93. The van der Waals surface area contributed by atoms with Crippen molar-refractivity contribution in [1.29, 1.82) is 0 Å². The molecule has 0 N–H and O–H groups in total. The van der Waals surface area contributed by atoms with E-state index in [1.807, 2.05) is 30.3 Å². The quantitative estimate of drug-likeness (QED) is 0.389. The molecule has 1 fully saturated rings. The molecule has 28 heavy (non-hydrogen) atoms. The average Bonchev–Trinajstić information content (AvgIpc) is 2.74. The SMILES string of the molecule is C=CC(C)N=C1Cc2ccc(OC(=O)c3ccccc3)cc2C2CCCC[C@@H]12. The number of nitrogens with zero attached hydrogens (tertiary/aromatic N) is 1. The van der Waals surface area contributed by atoms with Crippen LogP contribution in [-0.4, -0.2) is 17.7 Å². The zero-order chi connectivity index (χ0) is 19.5. The van der Waals surface area contributed by atoms with Crippen LogP contribution in [0.2, 0.25) is 0 Å². The van der Waals surface area contributed by atoms with Crippen molar-refractivity contribution in [2.75, 3.05) is 0 Å². The normalized spacial score (nSPS) is 23.4. The van der Waals surface area contributed by atoms with E-state index < -0.39 is 0 Å². The predicted octanol–water partition coefficient (Wildman–Crippen LogP) is 5.75. The van der Waals surface area contributed by atoms with Gasteiger partial charge in [0.1, 0.15) is 5.75 Å². The fraction of sp³-hybridized carbons (Fsp3) is 0.360. The maximum Gasteiger partial charge on any atom is 0.343 e.